The van der Waals surface area contributed by atoms with Crippen LogP contribution in [0, 0.1) is 0 Å². The maximum Gasteiger partial charge on any atom is 0.357 e. The van der Waals surface area contributed by atoms with Crippen LogP contribution >= 0.6 is 37.3 Å². The van der Waals surface area contributed by atoms with Gasteiger partial charge in [0.05, 0.1) is 13.7 Å². The number of ether oxygens (including phenoxy) is 2. The molecule has 0 aliphatic carbocycles. The number of carbonyl (C=O) groups excluding carboxylic acids is 1. The second-order valence-electron chi connectivity index (χ2n) is 8.65. The third-order valence-corrected chi connectivity index (χ3v) is 8.58. The number of nitrogens with zero attached hydrogens (tertiary/aromatic N) is 1. The lowest BCUT2D eigenvalue weighted by molar-refractivity contribution is 0.0520. The van der Waals surface area contributed by atoms with Gasteiger partial charge < -0.3 is 9.47 Å². The summed E-state index contributed by atoms with van der Waals surface area (Å²) in [5.74, 6) is 0.889. The molecule has 33 heavy (non-hydrogen) atoms. The smallest absolute Gasteiger partial charge is 0.357 e. The van der Waals surface area contributed by atoms with Crippen molar-refractivity contribution in [2.75, 3.05) is 38.2 Å². The van der Waals surface area contributed by atoms with Gasteiger partial charge >= 0.3 is 5.97 Å². The number of hydrogen-bond acceptors (Lipinski definition) is 5. The van der Waals surface area contributed by atoms with Crippen LogP contribution in [0.4, 0.5) is 0 Å². The summed E-state index contributed by atoms with van der Waals surface area (Å²) in [5, 5.41) is 2.28. The molecule has 2 aromatic heterocycles. The van der Waals surface area contributed by atoms with Crippen LogP contribution in [-0.4, -0.2) is 48.6 Å². The van der Waals surface area contributed by atoms with Gasteiger partial charge in [0.2, 0.25) is 0 Å². The quantitative estimate of drug-likeness (QED) is 0.277. The highest BCUT2D eigenvalue weighted by Crippen LogP contribution is 2.37. The Labute approximate surface area is 206 Å². The number of carbonyl (C=O) groups is 1. The summed E-state index contributed by atoms with van der Waals surface area (Å²) in [4.78, 5) is 26.6. The molecule has 0 radical (unpaired) electrons. The van der Waals surface area contributed by atoms with E-state index in [0.29, 0.717) is 27.4 Å². The van der Waals surface area contributed by atoms with Crippen LogP contribution in [0.15, 0.2) is 57.1 Å². The molecule has 0 amide bonds. The summed E-state index contributed by atoms with van der Waals surface area (Å²) in [5.41, 5.74) is 1.81. The molecular weight excluding hydrogens is 522 g/mol. The van der Waals surface area contributed by atoms with Gasteiger partial charge in [-0.05, 0) is 51.0 Å². The molecule has 0 saturated carbocycles. The zero-order valence-corrected chi connectivity index (χ0v) is 22.2. The molecule has 0 N–H and O–H groups in total. The zero-order valence-electron chi connectivity index (χ0n) is 19.0. The van der Waals surface area contributed by atoms with Crippen molar-refractivity contribution in [3.8, 4) is 5.75 Å². The molecule has 0 bridgehead atoms. The van der Waals surface area contributed by atoms with Crippen molar-refractivity contribution in [3.63, 3.8) is 0 Å². The van der Waals surface area contributed by atoms with Gasteiger partial charge in [0.1, 0.15) is 8.62 Å². The third kappa shape index (κ3) is 4.98. The molecule has 0 aliphatic rings. The topological polar surface area (TPSA) is 57.0 Å². The number of pyridine rings is 1. The number of benzene rings is 2. The van der Waals surface area contributed by atoms with E-state index in [9.17, 15) is 9.59 Å². The Morgan fingerprint density at radius 1 is 1.09 bits per heavy atom. The Bertz CT molecular complexity index is 1400. The van der Waals surface area contributed by atoms with E-state index in [4.69, 9.17) is 9.47 Å². The number of rotatable bonds is 7. The van der Waals surface area contributed by atoms with Crippen molar-refractivity contribution in [2.45, 2.75) is 6.42 Å². The summed E-state index contributed by atoms with van der Waals surface area (Å²) in [7, 11) is 0.801. The van der Waals surface area contributed by atoms with Gasteiger partial charge in [-0.3, -0.25) is 9.20 Å². The molecule has 8 heteroatoms. The van der Waals surface area contributed by atoms with Gasteiger partial charge in [-0.25, -0.2) is 14.8 Å². The van der Waals surface area contributed by atoms with E-state index in [2.05, 4.69) is 59.0 Å². The van der Waals surface area contributed by atoms with Crippen LogP contribution in [-0.2, 0) is 11.2 Å². The molecular formula is C25H26BrNO4S2. The SMILES string of the molecule is COc1c(Cc2cccc3ccccc23)cc(=O)n2c(C(=O)OCCS(C)(C)C)c(Br)sc12. The number of methoxy groups -OCH3 is 1. The van der Waals surface area contributed by atoms with Crippen molar-refractivity contribution in [2.24, 2.45) is 0 Å². The van der Waals surface area contributed by atoms with E-state index in [1.54, 1.807) is 13.2 Å². The highest BCUT2D eigenvalue weighted by molar-refractivity contribution is 9.11. The molecule has 2 aromatic carbocycles. The average molecular weight is 549 g/mol. The second-order valence-corrected chi connectivity index (χ2v) is 15.6. The second kappa shape index (κ2) is 9.52. The summed E-state index contributed by atoms with van der Waals surface area (Å²) in [6, 6.07) is 15.9. The van der Waals surface area contributed by atoms with Gasteiger partial charge in [0, 0.05) is 23.8 Å². The Morgan fingerprint density at radius 2 is 1.82 bits per heavy atom. The van der Waals surface area contributed by atoms with E-state index in [1.165, 1.54) is 15.7 Å². The predicted octanol–water partition coefficient (Wildman–Crippen LogP) is 5.73. The van der Waals surface area contributed by atoms with Gasteiger partial charge in [-0.1, -0.05) is 42.5 Å². The first kappa shape index (κ1) is 23.9. The molecule has 4 aromatic rings. The molecule has 0 spiro atoms. The van der Waals surface area contributed by atoms with Crippen LogP contribution in [0.25, 0.3) is 15.6 Å². The standard InChI is InChI=1S/C25H26BrNO4S2/c1-30-22-18(14-17-10-7-9-16-8-5-6-11-19(16)17)15-20(28)27-21(23(26)32-24(22)27)25(29)31-12-13-33(2,3)4/h5-11,15H,12-14H2,1-4H3. The van der Waals surface area contributed by atoms with Gasteiger partial charge in [-0.2, -0.15) is 0 Å². The lowest BCUT2D eigenvalue weighted by atomic mass is 9.98. The first-order chi connectivity index (χ1) is 15.7. The molecule has 2 heterocycles. The normalized spacial score (nSPS) is 12.3. The van der Waals surface area contributed by atoms with E-state index >= 15 is 0 Å². The van der Waals surface area contributed by atoms with Crippen LogP contribution in [0.5, 0.6) is 5.75 Å². The van der Waals surface area contributed by atoms with Crippen molar-refractivity contribution in [3.05, 3.63) is 79.5 Å². The predicted molar refractivity (Wildman–Crippen MR) is 143 cm³/mol. The number of hydrogen-bond donors (Lipinski definition) is 0. The lowest BCUT2D eigenvalue weighted by Gasteiger charge is -2.24. The fraction of sp³-hybridized carbons (Fsp3) is 0.280. The van der Waals surface area contributed by atoms with Crippen molar-refractivity contribution in [1.29, 1.82) is 0 Å². The molecule has 5 nitrogen and oxygen atoms in total. The minimum absolute atomic E-state index is 0.207. The highest BCUT2D eigenvalue weighted by Gasteiger charge is 2.25. The van der Waals surface area contributed by atoms with Crippen molar-refractivity contribution >= 4 is 58.9 Å². The monoisotopic (exact) mass is 547 g/mol. The Morgan fingerprint density at radius 3 is 2.55 bits per heavy atom. The molecule has 0 atom stereocenters. The minimum Gasteiger partial charge on any atom is -0.493 e. The molecule has 0 unspecified atom stereocenters. The average Bonchev–Trinajstić information content (AvgIpc) is 3.11. The summed E-state index contributed by atoms with van der Waals surface area (Å²) in [6.07, 6.45) is 7.05. The van der Waals surface area contributed by atoms with Gasteiger partial charge in [0.25, 0.3) is 5.56 Å². The van der Waals surface area contributed by atoms with Gasteiger partial charge in [-0.15, -0.1) is 11.3 Å². The largest absolute Gasteiger partial charge is 0.493 e. The summed E-state index contributed by atoms with van der Waals surface area (Å²) < 4.78 is 13.2. The van der Waals surface area contributed by atoms with Crippen LogP contribution < -0.4 is 10.3 Å². The number of thiazole rings is 1. The Kier molecular flexibility index (Phi) is 6.88. The zero-order chi connectivity index (χ0) is 23.8. The number of fused-ring (bicyclic) bond motifs is 2. The van der Waals surface area contributed by atoms with E-state index in [0.717, 1.165) is 27.7 Å². The number of halogens is 1. The maximum absolute atomic E-state index is 13.2. The van der Waals surface area contributed by atoms with Gasteiger partial charge in [0.15, 0.2) is 11.4 Å². The number of aromatic nitrogens is 1. The highest BCUT2D eigenvalue weighted by atomic mass is 79.9. The van der Waals surface area contributed by atoms with Crippen LogP contribution in [0.1, 0.15) is 21.6 Å². The van der Waals surface area contributed by atoms with Crippen LogP contribution in [0.2, 0.25) is 0 Å². The first-order valence-electron chi connectivity index (χ1n) is 10.4. The van der Waals surface area contributed by atoms with Crippen LogP contribution in [0.3, 0.4) is 0 Å². The fourth-order valence-corrected chi connectivity index (χ4v) is 6.17. The first-order valence-corrected chi connectivity index (χ1v) is 15.0. The summed E-state index contributed by atoms with van der Waals surface area (Å²) >= 11 is 4.77. The Balaban J connectivity index is 1.75. The number of esters is 1. The van der Waals surface area contributed by atoms with E-state index in [-0.39, 0.29) is 11.3 Å². The summed E-state index contributed by atoms with van der Waals surface area (Å²) in [6.45, 7) is 0.326. The molecule has 0 saturated heterocycles. The van der Waals surface area contributed by atoms with Crippen molar-refractivity contribution in [1.82, 2.24) is 4.40 Å². The third-order valence-electron chi connectivity index (χ3n) is 5.39. The van der Waals surface area contributed by atoms with Crippen molar-refractivity contribution < 1.29 is 14.3 Å². The molecule has 174 valence electrons. The molecule has 0 fully saturated rings. The van der Waals surface area contributed by atoms with E-state index < -0.39 is 16.0 Å². The molecule has 0 aliphatic heterocycles. The maximum atomic E-state index is 13.2. The molecule has 4 rings (SSSR count). The van der Waals surface area contributed by atoms with E-state index in [1.807, 2.05) is 18.2 Å². The lowest BCUT2D eigenvalue weighted by Crippen LogP contribution is -2.21. The Hall–Kier alpha value is -2.29. The minimum atomic E-state index is -0.786. The fourth-order valence-electron chi connectivity index (χ4n) is 3.77.